The van der Waals surface area contributed by atoms with Crippen LogP contribution < -0.4 is 15.6 Å². The summed E-state index contributed by atoms with van der Waals surface area (Å²) in [6.45, 7) is 12.1. The quantitative estimate of drug-likeness (QED) is 0.714. The third-order valence-electron chi connectivity index (χ3n) is 4.16. The molecule has 0 spiro atoms. The molecule has 0 bridgehead atoms. The van der Waals surface area contributed by atoms with Gasteiger partial charge in [-0.15, -0.1) is 0 Å². The zero-order chi connectivity index (χ0) is 19.8. The molecular weight excluding hydrogens is 342 g/mol. The lowest BCUT2D eigenvalue weighted by atomic mass is 10.1. The molecule has 2 N–H and O–H groups in total. The van der Waals surface area contributed by atoms with Gasteiger partial charge in [0.2, 0.25) is 5.95 Å². The number of rotatable bonds is 5. The molecule has 144 valence electrons. The van der Waals surface area contributed by atoms with E-state index < -0.39 is 0 Å². The maximum atomic E-state index is 12.4. The summed E-state index contributed by atoms with van der Waals surface area (Å²) < 4.78 is 7.53. The summed E-state index contributed by atoms with van der Waals surface area (Å²) in [7, 11) is 0. The second-order valence-corrected chi connectivity index (χ2v) is 7.98. The average molecular weight is 369 g/mol. The fourth-order valence-corrected chi connectivity index (χ4v) is 2.90. The van der Waals surface area contributed by atoms with Crippen LogP contribution in [0.25, 0.3) is 11.0 Å². The summed E-state index contributed by atoms with van der Waals surface area (Å²) in [4.78, 5) is 19.8. The van der Waals surface area contributed by atoms with Crippen LogP contribution in [0, 0.1) is 0 Å². The van der Waals surface area contributed by atoms with Gasteiger partial charge in [0.15, 0.2) is 5.65 Å². The number of aromatic nitrogens is 4. The molecule has 1 atom stereocenters. The molecule has 7 nitrogen and oxygen atoms in total. The van der Waals surface area contributed by atoms with Gasteiger partial charge < -0.3 is 10.1 Å². The van der Waals surface area contributed by atoms with E-state index in [2.05, 4.69) is 20.4 Å². The molecule has 1 aromatic carbocycles. The van der Waals surface area contributed by atoms with E-state index >= 15 is 0 Å². The number of nitrogens with zero attached hydrogens (tertiary/aromatic N) is 3. The number of benzene rings is 1. The molecule has 0 aliphatic carbocycles. The predicted molar refractivity (Wildman–Crippen MR) is 107 cm³/mol. The lowest BCUT2D eigenvalue weighted by Crippen LogP contribution is -2.24. The molecule has 0 aliphatic heterocycles. The summed E-state index contributed by atoms with van der Waals surface area (Å²) in [5.41, 5.74) is 1.13. The van der Waals surface area contributed by atoms with Gasteiger partial charge in [-0.1, -0.05) is 12.1 Å². The number of anilines is 1. The van der Waals surface area contributed by atoms with Crippen molar-refractivity contribution in [2.75, 3.05) is 5.32 Å². The molecule has 0 fully saturated rings. The zero-order valence-corrected chi connectivity index (χ0v) is 16.7. The largest absolute Gasteiger partial charge is 0.491 e. The fourth-order valence-electron chi connectivity index (χ4n) is 2.90. The Kier molecular flexibility index (Phi) is 4.95. The van der Waals surface area contributed by atoms with Gasteiger partial charge >= 0.3 is 0 Å². The summed E-state index contributed by atoms with van der Waals surface area (Å²) in [5.74, 6) is 1.24. The molecule has 0 aliphatic rings. The standard InChI is InChI=1S/C20H27N5O2/c1-12(2)27-15-9-7-8-14(10-15)13(3)22-19-23-17-16(18(26)24-19)11-21-25(17)20(4,5)6/h7-13H,1-6H3,(H2,22,23,24,26). The number of hydrogen-bond donors (Lipinski definition) is 2. The molecule has 0 saturated heterocycles. The van der Waals surface area contributed by atoms with Crippen molar-refractivity contribution in [1.82, 2.24) is 19.7 Å². The van der Waals surface area contributed by atoms with Gasteiger partial charge in [0.25, 0.3) is 5.56 Å². The van der Waals surface area contributed by atoms with E-state index in [0.717, 1.165) is 11.3 Å². The molecule has 0 saturated carbocycles. The first kappa shape index (κ1) is 18.9. The Morgan fingerprint density at radius 1 is 1.22 bits per heavy atom. The molecule has 1 unspecified atom stereocenters. The van der Waals surface area contributed by atoms with E-state index in [1.54, 1.807) is 10.9 Å². The van der Waals surface area contributed by atoms with Gasteiger partial charge in [-0.25, -0.2) is 4.68 Å². The first-order valence-electron chi connectivity index (χ1n) is 9.17. The highest BCUT2D eigenvalue weighted by Crippen LogP contribution is 2.23. The Labute approximate surface area is 158 Å². The van der Waals surface area contributed by atoms with E-state index in [-0.39, 0.29) is 23.2 Å². The lowest BCUT2D eigenvalue weighted by molar-refractivity contribution is 0.242. The van der Waals surface area contributed by atoms with Gasteiger partial charge in [0.1, 0.15) is 11.1 Å². The van der Waals surface area contributed by atoms with E-state index in [0.29, 0.717) is 17.0 Å². The van der Waals surface area contributed by atoms with Crippen LogP contribution in [0.3, 0.4) is 0 Å². The average Bonchev–Trinajstić information content (AvgIpc) is 2.99. The number of hydrogen-bond acceptors (Lipinski definition) is 5. The van der Waals surface area contributed by atoms with E-state index in [1.165, 1.54) is 0 Å². The minimum absolute atomic E-state index is 0.0627. The van der Waals surface area contributed by atoms with Crippen molar-refractivity contribution < 1.29 is 4.74 Å². The molecule has 27 heavy (non-hydrogen) atoms. The summed E-state index contributed by atoms with van der Waals surface area (Å²) in [6, 6.07) is 7.84. The van der Waals surface area contributed by atoms with Crippen LogP contribution in [0.15, 0.2) is 35.3 Å². The van der Waals surface area contributed by atoms with E-state index in [4.69, 9.17) is 4.74 Å². The predicted octanol–water partition coefficient (Wildman–Crippen LogP) is 3.83. The Morgan fingerprint density at radius 3 is 2.63 bits per heavy atom. The number of H-pyrrole nitrogens is 1. The topological polar surface area (TPSA) is 84.8 Å². The second kappa shape index (κ2) is 7.06. The van der Waals surface area contributed by atoms with Gasteiger partial charge in [-0.3, -0.25) is 9.78 Å². The van der Waals surface area contributed by atoms with Gasteiger partial charge in [0, 0.05) is 0 Å². The minimum Gasteiger partial charge on any atom is -0.491 e. The zero-order valence-electron chi connectivity index (χ0n) is 16.7. The summed E-state index contributed by atoms with van der Waals surface area (Å²) in [5, 5.41) is 8.09. The maximum Gasteiger partial charge on any atom is 0.263 e. The van der Waals surface area contributed by atoms with Crippen LogP contribution in [0.5, 0.6) is 5.75 Å². The van der Waals surface area contributed by atoms with Crippen molar-refractivity contribution in [3.63, 3.8) is 0 Å². The number of aromatic amines is 1. The van der Waals surface area contributed by atoms with Crippen molar-refractivity contribution in [3.8, 4) is 5.75 Å². The summed E-state index contributed by atoms with van der Waals surface area (Å²) in [6.07, 6.45) is 1.67. The molecule has 0 radical (unpaired) electrons. The normalized spacial score (nSPS) is 13.1. The molecule has 2 heterocycles. The van der Waals surface area contributed by atoms with Crippen molar-refractivity contribution >= 4 is 17.0 Å². The highest BCUT2D eigenvalue weighted by Gasteiger charge is 2.20. The van der Waals surface area contributed by atoms with Crippen LogP contribution in [-0.2, 0) is 5.54 Å². The van der Waals surface area contributed by atoms with Crippen molar-refractivity contribution in [3.05, 3.63) is 46.4 Å². The Bertz CT molecular complexity index is 998. The Balaban J connectivity index is 1.91. The first-order valence-corrected chi connectivity index (χ1v) is 9.17. The minimum atomic E-state index is -0.270. The monoisotopic (exact) mass is 369 g/mol. The number of fused-ring (bicyclic) bond motifs is 1. The molecule has 7 heteroatoms. The van der Waals surface area contributed by atoms with Crippen molar-refractivity contribution in [2.45, 2.75) is 59.2 Å². The highest BCUT2D eigenvalue weighted by atomic mass is 16.5. The van der Waals surface area contributed by atoms with Gasteiger partial charge in [-0.05, 0) is 59.2 Å². The highest BCUT2D eigenvalue weighted by molar-refractivity contribution is 5.74. The molecule has 2 aromatic heterocycles. The number of ether oxygens (including phenoxy) is 1. The molecule has 0 amide bonds. The van der Waals surface area contributed by atoms with Crippen LogP contribution in [-0.4, -0.2) is 25.9 Å². The van der Waals surface area contributed by atoms with Crippen LogP contribution in [0.4, 0.5) is 5.95 Å². The molecule has 3 aromatic rings. The Morgan fingerprint density at radius 2 is 1.96 bits per heavy atom. The smallest absolute Gasteiger partial charge is 0.263 e. The third kappa shape index (κ3) is 4.13. The fraction of sp³-hybridized carbons (Fsp3) is 0.450. The van der Waals surface area contributed by atoms with E-state index in [9.17, 15) is 4.79 Å². The second-order valence-electron chi connectivity index (χ2n) is 7.98. The van der Waals surface area contributed by atoms with E-state index in [1.807, 2.05) is 65.8 Å². The van der Waals surface area contributed by atoms with Crippen molar-refractivity contribution in [2.24, 2.45) is 0 Å². The Hall–Kier alpha value is -2.83. The van der Waals surface area contributed by atoms with Crippen LogP contribution >= 0.6 is 0 Å². The lowest BCUT2D eigenvalue weighted by Gasteiger charge is -2.20. The number of nitrogens with one attached hydrogen (secondary N) is 2. The van der Waals surface area contributed by atoms with Crippen LogP contribution in [0.2, 0.25) is 0 Å². The first-order chi connectivity index (χ1) is 12.6. The molecule has 3 rings (SSSR count). The third-order valence-corrected chi connectivity index (χ3v) is 4.16. The summed E-state index contributed by atoms with van der Waals surface area (Å²) >= 11 is 0. The SMILES string of the molecule is CC(C)Oc1cccc(C(C)Nc2nc3c(cnn3C(C)(C)C)c(=O)[nH]2)c1. The maximum absolute atomic E-state index is 12.4. The van der Waals surface area contributed by atoms with Crippen LogP contribution in [0.1, 0.15) is 53.1 Å². The van der Waals surface area contributed by atoms with Gasteiger partial charge in [-0.2, -0.15) is 10.1 Å². The van der Waals surface area contributed by atoms with Gasteiger partial charge in [0.05, 0.1) is 23.9 Å². The molecular formula is C20H27N5O2. The van der Waals surface area contributed by atoms with Crippen molar-refractivity contribution in [1.29, 1.82) is 0 Å².